The first-order valence-electron chi connectivity index (χ1n) is 10.1. The molecule has 2 atom stereocenters. The molecule has 3 rings (SSSR count). The summed E-state index contributed by atoms with van der Waals surface area (Å²) >= 11 is 0. The smallest absolute Gasteiger partial charge is 0.162 e. The standard InChI is InChI=1S/C24H30N2O3/c1-5-26-17(3)24(18(4)27)22-13-21(11-12-23(22)26)29-15-20(28)14-25-16(2)19-9-7-6-8-10-19/h6-13,16,20,25,28H,5,14-15H2,1-4H3/t16-,20-/m1/s1. The van der Waals surface area contributed by atoms with Crippen LogP contribution in [0.3, 0.4) is 0 Å². The van der Waals surface area contributed by atoms with E-state index in [1.807, 2.05) is 43.3 Å². The average Bonchev–Trinajstić information content (AvgIpc) is 3.01. The second-order valence-electron chi connectivity index (χ2n) is 7.45. The van der Waals surface area contributed by atoms with Gasteiger partial charge in [-0.2, -0.15) is 0 Å². The van der Waals surface area contributed by atoms with Gasteiger partial charge in [0.1, 0.15) is 18.5 Å². The summed E-state index contributed by atoms with van der Waals surface area (Å²) in [5.74, 6) is 0.708. The van der Waals surface area contributed by atoms with Gasteiger partial charge >= 0.3 is 0 Å². The molecule has 2 aromatic carbocycles. The van der Waals surface area contributed by atoms with Gasteiger partial charge in [-0.25, -0.2) is 0 Å². The second kappa shape index (κ2) is 9.25. The normalized spacial score (nSPS) is 13.4. The Hall–Kier alpha value is -2.63. The van der Waals surface area contributed by atoms with Gasteiger partial charge in [-0.05, 0) is 51.5 Å². The molecule has 0 aliphatic rings. The summed E-state index contributed by atoms with van der Waals surface area (Å²) in [6.45, 7) is 9.13. The van der Waals surface area contributed by atoms with Crippen molar-refractivity contribution in [2.75, 3.05) is 13.2 Å². The molecule has 0 radical (unpaired) electrons. The molecular formula is C24H30N2O3. The van der Waals surface area contributed by atoms with Gasteiger partial charge in [0.2, 0.25) is 0 Å². The number of Topliss-reactive ketones (excluding diaryl/α,β-unsaturated/α-hetero) is 1. The molecule has 0 aliphatic carbocycles. The summed E-state index contributed by atoms with van der Waals surface area (Å²) in [4.78, 5) is 12.2. The van der Waals surface area contributed by atoms with Crippen LogP contribution in [-0.4, -0.2) is 34.7 Å². The summed E-state index contributed by atoms with van der Waals surface area (Å²) in [5, 5.41) is 14.5. The van der Waals surface area contributed by atoms with Crippen LogP contribution in [0, 0.1) is 6.92 Å². The molecule has 29 heavy (non-hydrogen) atoms. The summed E-state index contributed by atoms with van der Waals surface area (Å²) < 4.78 is 7.96. The molecule has 0 fully saturated rings. The Morgan fingerprint density at radius 2 is 1.93 bits per heavy atom. The van der Waals surface area contributed by atoms with E-state index < -0.39 is 6.10 Å². The molecule has 0 aliphatic heterocycles. The van der Waals surface area contributed by atoms with Crippen molar-refractivity contribution in [1.29, 1.82) is 0 Å². The van der Waals surface area contributed by atoms with Crippen LogP contribution in [0.25, 0.3) is 10.9 Å². The molecule has 1 aromatic heterocycles. The van der Waals surface area contributed by atoms with Crippen LogP contribution in [0.1, 0.15) is 48.4 Å². The number of aliphatic hydroxyl groups excluding tert-OH is 1. The van der Waals surface area contributed by atoms with Crippen molar-refractivity contribution in [1.82, 2.24) is 9.88 Å². The fourth-order valence-corrected chi connectivity index (χ4v) is 3.83. The lowest BCUT2D eigenvalue weighted by Gasteiger charge is -2.18. The molecule has 2 N–H and O–H groups in total. The van der Waals surface area contributed by atoms with Crippen LogP contribution >= 0.6 is 0 Å². The van der Waals surface area contributed by atoms with Gasteiger partial charge in [0, 0.05) is 41.3 Å². The molecule has 0 saturated heterocycles. The zero-order chi connectivity index (χ0) is 21.0. The van der Waals surface area contributed by atoms with Gasteiger partial charge in [-0.15, -0.1) is 0 Å². The molecular weight excluding hydrogens is 364 g/mol. The largest absolute Gasteiger partial charge is 0.491 e. The minimum atomic E-state index is -0.633. The third-order valence-corrected chi connectivity index (χ3v) is 5.36. The Morgan fingerprint density at radius 1 is 1.21 bits per heavy atom. The fourth-order valence-electron chi connectivity index (χ4n) is 3.83. The number of aromatic nitrogens is 1. The first-order chi connectivity index (χ1) is 13.9. The Bertz CT molecular complexity index is 979. The number of nitrogens with one attached hydrogen (secondary N) is 1. The molecule has 3 aromatic rings. The first-order valence-corrected chi connectivity index (χ1v) is 10.1. The van der Waals surface area contributed by atoms with E-state index in [0.29, 0.717) is 12.3 Å². The molecule has 1 heterocycles. The number of aryl methyl sites for hydroxylation is 1. The monoisotopic (exact) mass is 394 g/mol. The maximum atomic E-state index is 12.2. The van der Waals surface area contributed by atoms with E-state index in [9.17, 15) is 9.90 Å². The lowest BCUT2D eigenvalue weighted by molar-refractivity contribution is 0.101. The number of carbonyl (C=O) groups is 1. The predicted octanol–water partition coefficient (Wildman–Crippen LogP) is 4.26. The van der Waals surface area contributed by atoms with Crippen molar-refractivity contribution in [2.24, 2.45) is 0 Å². The zero-order valence-electron chi connectivity index (χ0n) is 17.6. The van der Waals surface area contributed by atoms with Gasteiger partial charge in [0.15, 0.2) is 5.78 Å². The van der Waals surface area contributed by atoms with Crippen LogP contribution in [-0.2, 0) is 6.54 Å². The third-order valence-electron chi connectivity index (χ3n) is 5.36. The molecule has 154 valence electrons. The van der Waals surface area contributed by atoms with Crippen molar-refractivity contribution < 1.29 is 14.6 Å². The maximum Gasteiger partial charge on any atom is 0.162 e. The Morgan fingerprint density at radius 3 is 2.59 bits per heavy atom. The summed E-state index contributed by atoms with van der Waals surface area (Å²) in [5.41, 5.74) is 3.93. The van der Waals surface area contributed by atoms with E-state index in [-0.39, 0.29) is 18.4 Å². The molecule has 5 heteroatoms. The highest BCUT2D eigenvalue weighted by Gasteiger charge is 2.17. The zero-order valence-corrected chi connectivity index (χ0v) is 17.6. The van der Waals surface area contributed by atoms with Crippen molar-refractivity contribution in [3.8, 4) is 5.75 Å². The highest BCUT2D eigenvalue weighted by atomic mass is 16.5. The third kappa shape index (κ3) is 4.69. The SMILES string of the molecule is CCn1c(C)c(C(C)=O)c2cc(OC[C@H](O)CN[C@H](C)c3ccccc3)ccc21. The molecule has 0 amide bonds. The number of rotatable bonds is 9. The van der Waals surface area contributed by atoms with Crippen molar-refractivity contribution >= 4 is 16.7 Å². The lowest BCUT2D eigenvalue weighted by atomic mass is 10.1. The Balaban J connectivity index is 1.64. The summed E-state index contributed by atoms with van der Waals surface area (Å²) in [6.07, 6.45) is -0.633. The minimum Gasteiger partial charge on any atom is -0.491 e. The Kier molecular flexibility index (Phi) is 6.72. The van der Waals surface area contributed by atoms with Crippen LogP contribution in [0.5, 0.6) is 5.75 Å². The van der Waals surface area contributed by atoms with Crippen molar-refractivity contribution in [3.63, 3.8) is 0 Å². The first kappa shape index (κ1) is 21.1. The highest BCUT2D eigenvalue weighted by molar-refractivity contribution is 6.08. The van der Waals surface area contributed by atoms with Crippen LogP contribution in [0.15, 0.2) is 48.5 Å². The maximum absolute atomic E-state index is 12.2. The van der Waals surface area contributed by atoms with Crippen molar-refractivity contribution in [3.05, 3.63) is 65.4 Å². The second-order valence-corrected chi connectivity index (χ2v) is 7.45. The summed E-state index contributed by atoms with van der Waals surface area (Å²) in [7, 11) is 0. The van der Waals surface area contributed by atoms with Gasteiger partial charge in [0.05, 0.1) is 0 Å². The van der Waals surface area contributed by atoms with E-state index in [1.165, 1.54) is 5.56 Å². The number of benzene rings is 2. The minimum absolute atomic E-state index is 0.0518. The van der Waals surface area contributed by atoms with E-state index in [0.717, 1.165) is 28.7 Å². The van der Waals surface area contributed by atoms with Crippen molar-refractivity contribution in [2.45, 2.75) is 46.4 Å². The molecule has 0 bridgehead atoms. The number of ether oxygens (including phenoxy) is 1. The number of aliphatic hydroxyl groups is 1. The van der Waals surface area contributed by atoms with Crippen LogP contribution < -0.4 is 10.1 Å². The van der Waals surface area contributed by atoms with Gasteiger partial charge in [-0.3, -0.25) is 4.79 Å². The lowest BCUT2D eigenvalue weighted by Crippen LogP contribution is -2.33. The number of fused-ring (bicyclic) bond motifs is 1. The van der Waals surface area contributed by atoms with Crippen LogP contribution in [0.2, 0.25) is 0 Å². The molecule has 0 saturated carbocycles. The molecule has 0 unspecified atom stereocenters. The van der Waals surface area contributed by atoms with E-state index in [1.54, 1.807) is 6.92 Å². The van der Waals surface area contributed by atoms with E-state index in [4.69, 9.17) is 4.74 Å². The number of hydrogen-bond donors (Lipinski definition) is 2. The Labute approximate surface area is 172 Å². The topological polar surface area (TPSA) is 63.5 Å². The average molecular weight is 395 g/mol. The highest BCUT2D eigenvalue weighted by Crippen LogP contribution is 2.30. The molecule has 5 nitrogen and oxygen atoms in total. The number of ketones is 1. The number of carbonyl (C=O) groups excluding carboxylic acids is 1. The molecule has 0 spiro atoms. The van der Waals surface area contributed by atoms with Gasteiger partial charge in [0.25, 0.3) is 0 Å². The predicted molar refractivity (Wildman–Crippen MR) is 117 cm³/mol. The van der Waals surface area contributed by atoms with Gasteiger partial charge < -0.3 is 19.7 Å². The summed E-state index contributed by atoms with van der Waals surface area (Å²) in [6, 6.07) is 16.1. The number of nitrogens with zero attached hydrogens (tertiary/aromatic N) is 1. The van der Waals surface area contributed by atoms with E-state index >= 15 is 0 Å². The van der Waals surface area contributed by atoms with Gasteiger partial charge in [-0.1, -0.05) is 30.3 Å². The fraction of sp³-hybridized carbons (Fsp3) is 0.375. The van der Waals surface area contributed by atoms with E-state index in [2.05, 4.69) is 35.9 Å². The quantitative estimate of drug-likeness (QED) is 0.532. The number of hydrogen-bond acceptors (Lipinski definition) is 4. The van der Waals surface area contributed by atoms with Crippen LogP contribution in [0.4, 0.5) is 0 Å².